The molecule has 3 rings (SSSR count). The number of hydrogen-bond acceptors (Lipinski definition) is 5. The Bertz CT molecular complexity index is 798. The van der Waals surface area contributed by atoms with Gasteiger partial charge < -0.3 is 10.6 Å². The normalized spacial score (nSPS) is 19.7. The summed E-state index contributed by atoms with van der Waals surface area (Å²) >= 11 is 1.45. The monoisotopic (exact) mass is 414 g/mol. The smallest absolute Gasteiger partial charge is 0.227 e. The molecule has 0 bridgehead atoms. The summed E-state index contributed by atoms with van der Waals surface area (Å²) in [4.78, 5) is 31.1. The van der Waals surface area contributed by atoms with Crippen molar-refractivity contribution in [3.8, 4) is 0 Å². The third-order valence-electron chi connectivity index (χ3n) is 5.01. The van der Waals surface area contributed by atoms with E-state index in [2.05, 4.69) is 34.4 Å². The molecule has 156 valence electrons. The maximum atomic E-state index is 12.1. The molecule has 0 aliphatic carbocycles. The van der Waals surface area contributed by atoms with Gasteiger partial charge in [-0.15, -0.1) is 11.3 Å². The van der Waals surface area contributed by atoms with E-state index in [1.165, 1.54) is 17.8 Å². The van der Waals surface area contributed by atoms with E-state index in [1.807, 2.05) is 35.7 Å². The zero-order chi connectivity index (χ0) is 20.6. The molecular weight excluding hydrogens is 384 g/mol. The lowest BCUT2D eigenvalue weighted by Gasteiger charge is -2.34. The number of amides is 2. The molecule has 1 aliphatic heterocycles. The molecule has 7 heteroatoms. The molecule has 2 unspecified atom stereocenters. The van der Waals surface area contributed by atoms with Gasteiger partial charge in [0.15, 0.2) is 5.13 Å². The van der Waals surface area contributed by atoms with Gasteiger partial charge >= 0.3 is 0 Å². The van der Waals surface area contributed by atoms with Crippen molar-refractivity contribution in [1.29, 1.82) is 0 Å². The van der Waals surface area contributed by atoms with Crippen LogP contribution in [0.25, 0.3) is 0 Å². The number of hydrogen-bond donors (Lipinski definition) is 2. The van der Waals surface area contributed by atoms with Crippen molar-refractivity contribution in [2.24, 2.45) is 11.8 Å². The van der Waals surface area contributed by atoms with E-state index < -0.39 is 0 Å². The fourth-order valence-corrected chi connectivity index (χ4v) is 4.65. The fraction of sp³-hybridized carbons (Fsp3) is 0.500. The van der Waals surface area contributed by atoms with Crippen LogP contribution in [-0.2, 0) is 22.6 Å². The van der Waals surface area contributed by atoms with Gasteiger partial charge in [0.05, 0.1) is 12.1 Å². The van der Waals surface area contributed by atoms with Crippen LogP contribution >= 0.6 is 11.3 Å². The fourth-order valence-electron chi connectivity index (χ4n) is 3.93. The van der Waals surface area contributed by atoms with Gasteiger partial charge in [0, 0.05) is 38.0 Å². The van der Waals surface area contributed by atoms with Crippen LogP contribution < -0.4 is 10.6 Å². The Labute approximate surface area is 176 Å². The highest BCUT2D eigenvalue weighted by atomic mass is 32.1. The first-order valence-electron chi connectivity index (χ1n) is 10.2. The summed E-state index contributed by atoms with van der Waals surface area (Å²) in [6, 6.07) is 9.56. The standard InChI is InChI=1S/C22H30N4O2S/c1-16-10-17(2)13-26(12-16)14-19-15-29-22(24-19)25-20(27)8-9-23-21(28)11-18-6-4-3-5-7-18/h3-7,15-17H,8-14H2,1-2H3,(H,23,28)(H,24,25,27). The SMILES string of the molecule is CC1CC(C)CN(Cc2csc(NC(=O)CCNC(=O)Cc3ccccc3)n2)C1. The lowest BCUT2D eigenvalue weighted by Crippen LogP contribution is -2.38. The number of nitrogens with one attached hydrogen (secondary N) is 2. The average molecular weight is 415 g/mol. The van der Waals surface area contributed by atoms with Gasteiger partial charge in [-0.25, -0.2) is 4.98 Å². The highest BCUT2D eigenvalue weighted by Crippen LogP contribution is 2.24. The summed E-state index contributed by atoms with van der Waals surface area (Å²) in [7, 11) is 0. The summed E-state index contributed by atoms with van der Waals surface area (Å²) in [5.74, 6) is 1.22. The van der Waals surface area contributed by atoms with Crippen molar-refractivity contribution in [3.63, 3.8) is 0 Å². The van der Waals surface area contributed by atoms with Crippen LogP contribution in [0.5, 0.6) is 0 Å². The van der Waals surface area contributed by atoms with Crippen LogP contribution in [0.1, 0.15) is 37.9 Å². The van der Waals surface area contributed by atoms with Crippen LogP contribution in [-0.4, -0.2) is 41.3 Å². The Kier molecular flexibility index (Phi) is 7.77. The Morgan fingerprint density at radius 3 is 2.59 bits per heavy atom. The number of thiazole rings is 1. The second-order valence-electron chi connectivity index (χ2n) is 8.09. The van der Waals surface area contributed by atoms with Crippen LogP contribution in [0.4, 0.5) is 5.13 Å². The first kappa shape index (κ1) is 21.5. The molecule has 2 heterocycles. The molecule has 1 aromatic heterocycles. The molecule has 1 saturated heterocycles. The number of piperidine rings is 1. The number of carbonyl (C=O) groups excluding carboxylic acids is 2. The van der Waals surface area contributed by atoms with E-state index >= 15 is 0 Å². The second kappa shape index (κ2) is 10.5. The van der Waals surface area contributed by atoms with Crippen LogP contribution in [0.3, 0.4) is 0 Å². The minimum absolute atomic E-state index is 0.0782. The largest absolute Gasteiger partial charge is 0.355 e. The highest BCUT2D eigenvalue weighted by molar-refractivity contribution is 7.13. The summed E-state index contributed by atoms with van der Waals surface area (Å²) in [5.41, 5.74) is 1.96. The minimum atomic E-state index is -0.133. The average Bonchev–Trinajstić information content (AvgIpc) is 3.08. The molecule has 0 radical (unpaired) electrons. The van der Waals surface area contributed by atoms with Gasteiger partial charge in [-0.05, 0) is 23.8 Å². The van der Waals surface area contributed by atoms with E-state index in [9.17, 15) is 9.59 Å². The number of likely N-dealkylation sites (tertiary alicyclic amines) is 1. The molecule has 0 spiro atoms. The maximum absolute atomic E-state index is 12.1. The maximum Gasteiger partial charge on any atom is 0.227 e. The zero-order valence-corrected chi connectivity index (χ0v) is 18.0. The van der Waals surface area contributed by atoms with Crippen molar-refractivity contribution >= 4 is 28.3 Å². The Morgan fingerprint density at radius 2 is 1.86 bits per heavy atom. The summed E-state index contributed by atoms with van der Waals surface area (Å²) in [6.45, 7) is 7.95. The molecule has 2 N–H and O–H groups in total. The van der Waals surface area contributed by atoms with Gasteiger partial charge in [0.25, 0.3) is 0 Å². The first-order valence-corrected chi connectivity index (χ1v) is 11.1. The molecule has 1 aliphatic rings. The first-order chi connectivity index (χ1) is 14.0. The molecule has 1 fully saturated rings. The quantitative estimate of drug-likeness (QED) is 0.695. The van der Waals surface area contributed by atoms with E-state index in [0.29, 0.717) is 29.9 Å². The molecule has 2 aromatic rings. The minimum Gasteiger partial charge on any atom is -0.355 e. The van der Waals surface area contributed by atoms with Crippen LogP contribution in [0.15, 0.2) is 35.7 Å². The summed E-state index contributed by atoms with van der Waals surface area (Å²) in [5, 5.41) is 8.27. The number of aromatic nitrogens is 1. The Balaban J connectivity index is 1.37. The van der Waals surface area contributed by atoms with Gasteiger partial charge in [-0.2, -0.15) is 0 Å². The lowest BCUT2D eigenvalue weighted by atomic mass is 9.92. The Hall–Kier alpha value is -2.25. The highest BCUT2D eigenvalue weighted by Gasteiger charge is 2.22. The molecule has 1 aromatic carbocycles. The van der Waals surface area contributed by atoms with Gasteiger partial charge in [-0.3, -0.25) is 14.5 Å². The van der Waals surface area contributed by atoms with Crippen molar-refractivity contribution in [2.45, 2.75) is 39.7 Å². The number of nitrogens with zero attached hydrogens (tertiary/aromatic N) is 2. The topological polar surface area (TPSA) is 74.3 Å². The predicted molar refractivity (Wildman–Crippen MR) is 117 cm³/mol. The van der Waals surface area contributed by atoms with E-state index in [-0.39, 0.29) is 18.2 Å². The van der Waals surface area contributed by atoms with E-state index in [0.717, 1.165) is 30.9 Å². The van der Waals surface area contributed by atoms with E-state index in [1.54, 1.807) is 0 Å². The van der Waals surface area contributed by atoms with Crippen molar-refractivity contribution in [1.82, 2.24) is 15.2 Å². The summed E-state index contributed by atoms with van der Waals surface area (Å²) in [6.07, 6.45) is 1.85. The van der Waals surface area contributed by atoms with Gasteiger partial charge in [-0.1, -0.05) is 44.2 Å². The zero-order valence-electron chi connectivity index (χ0n) is 17.2. The lowest BCUT2D eigenvalue weighted by molar-refractivity contribution is -0.120. The van der Waals surface area contributed by atoms with Crippen molar-refractivity contribution < 1.29 is 9.59 Å². The number of carbonyl (C=O) groups is 2. The van der Waals surface area contributed by atoms with E-state index in [4.69, 9.17) is 0 Å². The number of anilines is 1. The van der Waals surface area contributed by atoms with Crippen molar-refractivity contribution in [2.75, 3.05) is 25.0 Å². The van der Waals surface area contributed by atoms with Crippen LogP contribution in [0, 0.1) is 11.8 Å². The van der Waals surface area contributed by atoms with Gasteiger partial charge in [0.2, 0.25) is 11.8 Å². The summed E-state index contributed by atoms with van der Waals surface area (Å²) < 4.78 is 0. The second-order valence-corrected chi connectivity index (χ2v) is 8.95. The number of rotatable bonds is 8. The third kappa shape index (κ3) is 7.25. The number of benzene rings is 1. The molecule has 29 heavy (non-hydrogen) atoms. The molecule has 6 nitrogen and oxygen atoms in total. The third-order valence-corrected chi connectivity index (χ3v) is 5.82. The molecule has 2 amide bonds. The van der Waals surface area contributed by atoms with Gasteiger partial charge in [0.1, 0.15) is 0 Å². The Morgan fingerprint density at radius 1 is 1.14 bits per heavy atom. The molecule has 0 saturated carbocycles. The predicted octanol–water partition coefficient (Wildman–Crippen LogP) is 3.31. The molecule has 2 atom stereocenters. The van der Waals surface area contributed by atoms with Crippen molar-refractivity contribution in [3.05, 3.63) is 47.0 Å². The van der Waals surface area contributed by atoms with Crippen LogP contribution in [0.2, 0.25) is 0 Å². The molecular formula is C22H30N4O2S.